The summed E-state index contributed by atoms with van der Waals surface area (Å²) in [7, 11) is -4.01. The van der Waals surface area contributed by atoms with Crippen LogP contribution in [0.4, 0.5) is 15.8 Å². The van der Waals surface area contributed by atoms with Gasteiger partial charge < -0.3 is 5.73 Å². The summed E-state index contributed by atoms with van der Waals surface area (Å²) in [4.78, 5) is 3.40. The van der Waals surface area contributed by atoms with E-state index < -0.39 is 20.7 Å². The highest BCUT2D eigenvalue weighted by Crippen LogP contribution is 2.20. The van der Waals surface area contributed by atoms with Crippen molar-refractivity contribution in [2.24, 2.45) is 0 Å². The SMILES string of the molecule is Nc1ccc(S(=O)(=O)Nc2ccc(Br)nc2)c(F)c1. The zero-order valence-electron chi connectivity index (χ0n) is 9.47. The Balaban J connectivity index is 2.35. The minimum absolute atomic E-state index is 0.154. The van der Waals surface area contributed by atoms with Crippen molar-refractivity contribution in [1.82, 2.24) is 4.98 Å². The van der Waals surface area contributed by atoms with Crippen LogP contribution in [0, 0.1) is 5.82 Å². The fourth-order valence-electron chi connectivity index (χ4n) is 1.38. The van der Waals surface area contributed by atoms with Crippen LogP contribution in [0.5, 0.6) is 0 Å². The van der Waals surface area contributed by atoms with Gasteiger partial charge in [-0.05, 0) is 46.3 Å². The maximum atomic E-state index is 13.6. The lowest BCUT2D eigenvalue weighted by Gasteiger charge is -2.08. The Morgan fingerprint density at radius 1 is 1.26 bits per heavy atom. The average Bonchev–Trinajstić information content (AvgIpc) is 2.31. The molecule has 19 heavy (non-hydrogen) atoms. The van der Waals surface area contributed by atoms with Crippen molar-refractivity contribution in [3.8, 4) is 0 Å². The fourth-order valence-corrected chi connectivity index (χ4v) is 2.72. The number of aromatic nitrogens is 1. The maximum absolute atomic E-state index is 13.6. The number of nitrogen functional groups attached to an aromatic ring is 1. The molecule has 8 heteroatoms. The number of benzene rings is 1. The van der Waals surface area contributed by atoms with Crippen LogP contribution in [0.1, 0.15) is 0 Å². The van der Waals surface area contributed by atoms with Gasteiger partial charge in [0.2, 0.25) is 0 Å². The van der Waals surface area contributed by atoms with E-state index in [1.807, 2.05) is 0 Å². The van der Waals surface area contributed by atoms with E-state index in [1.54, 1.807) is 6.07 Å². The van der Waals surface area contributed by atoms with Crippen LogP contribution in [0.2, 0.25) is 0 Å². The van der Waals surface area contributed by atoms with Crippen molar-refractivity contribution in [2.75, 3.05) is 10.5 Å². The molecular weight excluding hydrogens is 337 g/mol. The molecule has 1 aromatic heterocycles. The van der Waals surface area contributed by atoms with E-state index in [0.29, 0.717) is 4.60 Å². The monoisotopic (exact) mass is 345 g/mol. The van der Waals surface area contributed by atoms with Gasteiger partial charge >= 0.3 is 0 Å². The van der Waals surface area contributed by atoms with E-state index in [2.05, 4.69) is 25.6 Å². The Hall–Kier alpha value is -1.67. The lowest BCUT2D eigenvalue weighted by atomic mass is 10.3. The van der Waals surface area contributed by atoms with Gasteiger partial charge in [-0.2, -0.15) is 0 Å². The highest BCUT2D eigenvalue weighted by molar-refractivity contribution is 9.10. The first kappa shape index (κ1) is 13.8. The van der Waals surface area contributed by atoms with Gasteiger partial charge in [-0.1, -0.05) is 0 Å². The minimum Gasteiger partial charge on any atom is -0.399 e. The Labute approximate surface area is 117 Å². The summed E-state index contributed by atoms with van der Waals surface area (Å²) in [5.41, 5.74) is 5.76. The fraction of sp³-hybridized carbons (Fsp3) is 0. The molecule has 0 bridgehead atoms. The van der Waals surface area contributed by atoms with Gasteiger partial charge in [0.05, 0.1) is 11.9 Å². The van der Waals surface area contributed by atoms with Crippen molar-refractivity contribution in [3.63, 3.8) is 0 Å². The van der Waals surface area contributed by atoms with Crippen LogP contribution >= 0.6 is 15.9 Å². The smallest absolute Gasteiger partial charge is 0.264 e. The third-order valence-corrected chi connectivity index (χ3v) is 4.11. The second-order valence-electron chi connectivity index (χ2n) is 3.66. The molecule has 0 saturated heterocycles. The maximum Gasteiger partial charge on any atom is 0.264 e. The Bertz CT molecular complexity index is 704. The lowest BCUT2D eigenvalue weighted by Crippen LogP contribution is -2.14. The van der Waals surface area contributed by atoms with Crippen molar-refractivity contribution in [3.05, 3.63) is 46.9 Å². The molecule has 2 aromatic rings. The molecule has 0 saturated carbocycles. The molecule has 1 aromatic carbocycles. The zero-order valence-corrected chi connectivity index (χ0v) is 11.9. The molecule has 1 heterocycles. The molecule has 0 aliphatic heterocycles. The number of nitrogens with zero attached hydrogens (tertiary/aromatic N) is 1. The van der Waals surface area contributed by atoms with Crippen molar-refractivity contribution >= 4 is 37.3 Å². The van der Waals surface area contributed by atoms with Gasteiger partial charge in [0.1, 0.15) is 15.3 Å². The molecule has 0 atom stereocenters. The van der Waals surface area contributed by atoms with E-state index in [1.165, 1.54) is 18.3 Å². The van der Waals surface area contributed by atoms with Gasteiger partial charge in [0.15, 0.2) is 0 Å². The number of hydrogen-bond donors (Lipinski definition) is 2. The molecule has 5 nitrogen and oxygen atoms in total. The van der Waals surface area contributed by atoms with Crippen LogP contribution in [0.25, 0.3) is 0 Å². The molecule has 0 fully saturated rings. The molecule has 0 amide bonds. The highest BCUT2D eigenvalue weighted by atomic mass is 79.9. The van der Waals surface area contributed by atoms with Crippen LogP contribution in [-0.2, 0) is 10.0 Å². The van der Waals surface area contributed by atoms with E-state index in [4.69, 9.17) is 5.73 Å². The summed E-state index contributed by atoms with van der Waals surface area (Å²) in [6, 6.07) is 6.45. The van der Waals surface area contributed by atoms with Crippen molar-refractivity contribution in [1.29, 1.82) is 0 Å². The topological polar surface area (TPSA) is 85.1 Å². The average molecular weight is 346 g/mol. The summed E-state index contributed by atoms with van der Waals surface area (Å²) in [5, 5.41) is 0. The quantitative estimate of drug-likeness (QED) is 0.660. The molecular formula is C11H9BrFN3O2S. The second-order valence-corrected chi connectivity index (χ2v) is 6.13. The van der Waals surface area contributed by atoms with Crippen molar-refractivity contribution in [2.45, 2.75) is 4.90 Å². The Morgan fingerprint density at radius 3 is 2.58 bits per heavy atom. The van der Waals surface area contributed by atoms with E-state index in [-0.39, 0.29) is 11.4 Å². The zero-order chi connectivity index (χ0) is 14.0. The minimum atomic E-state index is -4.01. The number of nitrogens with two attached hydrogens (primary N) is 1. The summed E-state index contributed by atoms with van der Waals surface area (Å²) in [5.74, 6) is -0.905. The van der Waals surface area contributed by atoms with Crippen LogP contribution in [0.3, 0.4) is 0 Å². The number of anilines is 2. The highest BCUT2D eigenvalue weighted by Gasteiger charge is 2.19. The van der Waals surface area contributed by atoms with Crippen LogP contribution in [-0.4, -0.2) is 13.4 Å². The molecule has 3 N–H and O–H groups in total. The third kappa shape index (κ3) is 3.21. The number of sulfonamides is 1. The number of pyridine rings is 1. The number of halogens is 2. The van der Waals surface area contributed by atoms with Gasteiger partial charge in [0.25, 0.3) is 10.0 Å². The van der Waals surface area contributed by atoms with Gasteiger partial charge in [0, 0.05) is 5.69 Å². The van der Waals surface area contributed by atoms with Crippen LogP contribution < -0.4 is 10.5 Å². The molecule has 0 unspecified atom stereocenters. The van der Waals surface area contributed by atoms with Gasteiger partial charge in [-0.15, -0.1) is 0 Å². The predicted molar refractivity (Wildman–Crippen MR) is 73.6 cm³/mol. The van der Waals surface area contributed by atoms with Gasteiger partial charge in [-0.25, -0.2) is 17.8 Å². The Kier molecular flexibility index (Phi) is 3.72. The van der Waals surface area contributed by atoms with Gasteiger partial charge in [-0.3, -0.25) is 4.72 Å². The summed E-state index contributed by atoms with van der Waals surface area (Å²) in [6.45, 7) is 0. The van der Waals surface area contributed by atoms with E-state index in [0.717, 1.165) is 12.1 Å². The first-order valence-electron chi connectivity index (χ1n) is 5.08. The molecule has 0 aliphatic rings. The first-order valence-corrected chi connectivity index (χ1v) is 7.35. The molecule has 2 rings (SSSR count). The molecule has 0 spiro atoms. The first-order chi connectivity index (χ1) is 8.88. The normalized spacial score (nSPS) is 11.3. The van der Waals surface area contributed by atoms with E-state index in [9.17, 15) is 12.8 Å². The molecule has 100 valence electrons. The lowest BCUT2D eigenvalue weighted by molar-refractivity contribution is 0.571. The van der Waals surface area contributed by atoms with Crippen molar-refractivity contribution < 1.29 is 12.8 Å². The Morgan fingerprint density at radius 2 is 2.00 bits per heavy atom. The number of hydrogen-bond acceptors (Lipinski definition) is 4. The standard InChI is InChI=1S/C11H9BrFN3O2S/c12-11-4-2-8(6-15-11)16-19(17,18)10-3-1-7(14)5-9(10)13/h1-6,16H,14H2. The third-order valence-electron chi connectivity index (χ3n) is 2.23. The molecule has 0 aliphatic carbocycles. The van der Waals surface area contributed by atoms with E-state index >= 15 is 0 Å². The second kappa shape index (κ2) is 5.14. The summed E-state index contributed by atoms with van der Waals surface area (Å²) >= 11 is 3.13. The largest absolute Gasteiger partial charge is 0.399 e. The summed E-state index contributed by atoms with van der Waals surface area (Å²) in [6.07, 6.45) is 1.32. The molecule has 0 radical (unpaired) electrons. The number of nitrogens with one attached hydrogen (secondary N) is 1. The predicted octanol–water partition coefficient (Wildman–Crippen LogP) is 2.37. The van der Waals surface area contributed by atoms with Crippen LogP contribution in [0.15, 0.2) is 46.0 Å². The number of rotatable bonds is 3. The summed E-state index contributed by atoms with van der Waals surface area (Å²) < 4.78 is 40.4.